The van der Waals surface area contributed by atoms with Crippen molar-refractivity contribution in [1.29, 1.82) is 0 Å². The highest BCUT2D eigenvalue weighted by Gasteiger charge is 2.18. The Morgan fingerprint density at radius 2 is 2.05 bits per heavy atom. The SMILES string of the molecule is O=S(=O)(Nc1cccc(F)c1)c1ccc(-c2ccno2)s1. The van der Waals surface area contributed by atoms with Crippen molar-refractivity contribution in [3.63, 3.8) is 0 Å². The summed E-state index contributed by atoms with van der Waals surface area (Å²) in [4.78, 5) is 0.645. The zero-order valence-electron chi connectivity index (χ0n) is 10.5. The van der Waals surface area contributed by atoms with Gasteiger partial charge >= 0.3 is 0 Å². The maximum Gasteiger partial charge on any atom is 0.271 e. The molecule has 21 heavy (non-hydrogen) atoms. The first-order chi connectivity index (χ1) is 10.0. The molecule has 0 bridgehead atoms. The predicted octanol–water partition coefficient (Wildman–Crippen LogP) is 3.34. The number of hydrogen-bond acceptors (Lipinski definition) is 5. The summed E-state index contributed by atoms with van der Waals surface area (Å²) in [5.74, 6) is -0.0177. The Hall–Kier alpha value is -2.19. The van der Waals surface area contributed by atoms with Gasteiger partial charge in [0, 0.05) is 6.07 Å². The molecule has 2 aromatic heterocycles. The Balaban J connectivity index is 1.89. The Bertz CT molecular complexity index is 857. The van der Waals surface area contributed by atoms with Crippen LogP contribution >= 0.6 is 11.3 Å². The average molecular weight is 324 g/mol. The van der Waals surface area contributed by atoms with Gasteiger partial charge in [-0.3, -0.25) is 4.72 Å². The largest absolute Gasteiger partial charge is 0.355 e. The van der Waals surface area contributed by atoms with Crippen LogP contribution in [0.4, 0.5) is 10.1 Å². The number of hydrogen-bond donors (Lipinski definition) is 1. The van der Waals surface area contributed by atoms with Crippen LogP contribution in [-0.2, 0) is 10.0 Å². The zero-order valence-corrected chi connectivity index (χ0v) is 12.1. The van der Waals surface area contributed by atoms with Crippen LogP contribution in [0.2, 0.25) is 0 Å². The molecule has 5 nitrogen and oxygen atoms in total. The summed E-state index contributed by atoms with van der Waals surface area (Å²) in [6.45, 7) is 0. The molecule has 0 atom stereocenters. The molecule has 0 saturated carbocycles. The topological polar surface area (TPSA) is 72.2 Å². The fourth-order valence-electron chi connectivity index (χ4n) is 1.70. The van der Waals surface area contributed by atoms with Crippen molar-refractivity contribution in [2.24, 2.45) is 0 Å². The Kier molecular flexibility index (Phi) is 3.48. The molecule has 8 heteroatoms. The molecular formula is C13H9FN2O3S2. The zero-order chi connectivity index (χ0) is 14.9. The van der Waals surface area contributed by atoms with E-state index in [1.807, 2.05) is 0 Å². The van der Waals surface area contributed by atoms with Crippen molar-refractivity contribution < 1.29 is 17.3 Å². The fraction of sp³-hybridized carbons (Fsp3) is 0. The first kappa shape index (κ1) is 13.8. The second-order valence-electron chi connectivity index (χ2n) is 4.11. The lowest BCUT2D eigenvalue weighted by atomic mass is 10.3. The molecule has 0 aliphatic rings. The summed E-state index contributed by atoms with van der Waals surface area (Å²) in [6, 6.07) is 10.00. The number of nitrogens with one attached hydrogen (secondary N) is 1. The number of nitrogens with zero attached hydrogens (tertiary/aromatic N) is 1. The highest BCUT2D eigenvalue weighted by Crippen LogP contribution is 2.31. The number of sulfonamides is 1. The van der Waals surface area contributed by atoms with E-state index in [-0.39, 0.29) is 9.90 Å². The first-order valence-corrected chi connectivity index (χ1v) is 8.14. The second kappa shape index (κ2) is 5.30. The lowest BCUT2D eigenvalue weighted by Crippen LogP contribution is -2.11. The molecule has 0 fully saturated rings. The van der Waals surface area contributed by atoms with E-state index in [0.717, 1.165) is 17.4 Å². The third-order valence-corrected chi connectivity index (χ3v) is 5.58. The van der Waals surface area contributed by atoms with Crippen molar-refractivity contribution in [3.05, 3.63) is 54.5 Å². The summed E-state index contributed by atoms with van der Waals surface area (Å²) >= 11 is 1.04. The molecule has 0 unspecified atom stereocenters. The van der Waals surface area contributed by atoms with Crippen molar-refractivity contribution >= 4 is 27.0 Å². The van der Waals surface area contributed by atoms with Crippen molar-refractivity contribution in [2.75, 3.05) is 4.72 Å². The van der Waals surface area contributed by atoms with E-state index in [9.17, 15) is 12.8 Å². The highest BCUT2D eigenvalue weighted by atomic mass is 32.2. The maximum atomic E-state index is 13.1. The summed E-state index contributed by atoms with van der Waals surface area (Å²) < 4.78 is 45.0. The normalized spacial score (nSPS) is 11.5. The summed E-state index contributed by atoms with van der Waals surface area (Å²) in [5, 5.41) is 3.57. The summed E-state index contributed by atoms with van der Waals surface area (Å²) in [7, 11) is -3.76. The number of benzene rings is 1. The van der Waals surface area contributed by atoms with E-state index in [1.54, 1.807) is 12.1 Å². The van der Waals surface area contributed by atoms with Crippen LogP contribution in [0.5, 0.6) is 0 Å². The third kappa shape index (κ3) is 2.96. The van der Waals surface area contributed by atoms with Gasteiger partial charge in [-0.05, 0) is 30.3 Å². The van der Waals surface area contributed by atoms with Gasteiger partial charge in [-0.15, -0.1) is 11.3 Å². The monoisotopic (exact) mass is 324 g/mol. The molecule has 0 saturated heterocycles. The lowest BCUT2D eigenvalue weighted by molar-refractivity contribution is 0.433. The molecule has 0 aliphatic carbocycles. The van der Waals surface area contributed by atoms with Gasteiger partial charge in [0.15, 0.2) is 5.76 Å². The number of anilines is 1. The minimum Gasteiger partial charge on any atom is -0.355 e. The molecular weight excluding hydrogens is 315 g/mol. The van der Waals surface area contributed by atoms with Crippen LogP contribution in [-0.4, -0.2) is 13.6 Å². The van der Waals surface area contributed by atoms with E-state index < -0.39 is 15.8 Å². The van der Waals surface area contributed by atoms with Gasteiger partial charge in [0.1, 0.15) is 10.0 Å². The quantitative estimate of drug-likeness (QED) is 0.799. The van der Waals surface area contributed by atoms with Crippen LogP contribution in [0.15, 0.2) is 57.4 Å². The van der Waals surface area contributed by atoms with Gasteiger partial charge in [0.25, 0.3) is 10.0 Å². The molecule has 3 rings (SSSR count). The molecule has 0 amide bonds. The van der Waals surface area contributed by atoms with E-state index >= 15 is 0 Å². The van der Waals surface area contributed by atoms with Crippen molar-refractivity contribution in [3.8, 4) is 10.6 Å². The number of halogens is 1. The number of rotatable bonds is 4. The lowest BCUT2D eigenvalue weighted by Gasteiger charge is -2.05. The molecule has 0 aliphatic heterocycles. The maximum absolute atomic E-state index is 13.1. The van der Waals surface area contributed by atoms with Gasteiger partial charge in [-0.25, -0.2) is 12.8 Å². The number of thiophene rings is 1. The molecule has 3 aromatic rings. The Morgan fingerprint density at radius 1 is 1.19 bits per heavy atom. The van der Waals surface area contributed by atoms with Gasteiger partial charge < -0.3 is 4.52 Å². The molecule has 2 heterocycles. The van der Waals surface area contributed by atoms with Crippen LogP contribution in [0, 0.1) is 5.82 Å². The van der Waals surface area contributed by atoms with E-state index in [4.69, 9.17) is 4.52 Å². The van der Waals surface area contributed by atoms with Gasteiger partial charge in [0.2, 0.25) is 0 Å². The predicted molar refractivity (Wildman–Crippen MR) is 77.0 cm³/mol. The van der Waals surface area contributed by atoms with Crippen LogP contribution in [0.3, 0.4) is 0 Å². The molecule has 108 valence electrons. The van der Waals surface area contributed by atoms with Gasteiger partial charge in [0.05, 0.1) is 16.8 Å². The summed E-state index contributed by atoms with van der Waals surface area (Å²) in [6.07, 6.45) is 1.48. The molecule has 1 N–H and O–H groups in total. The van der Waals surface area contributed by atoms with E-state index in [0.29, 0.717) is 10.6 Å². The van der Waals surface area contributed by atoms with Gasteiger partial charge in [-0.2, -0.15) is 0 Å². The van der Waals surface area contributed by atoms with Crippen LogP contribution in [0.1, 0.15) is 0 Å². The second-order valence-corrected chi connectivity index (χ2v) is 7.10. The third-order valence-electron chi connectivity index (χ3n) is 2.60. The molecule has 1 aromatic carbocycles. The Labute approximate surface area is 124 Å². The Morgan fingerprint density at radius 3 is 2.76 bits per heavy atom. The van der Waals surface area contributed by atoms with E-state index in [2.05, 4.69) is 9.88 Å². The molecule has 0 radical (unpaired) electrons. The summed E-state index contributed by atoms with van der Waals surface area (Å²) in [5.41, 5.74) is 0.171. The fourth-order valence-corrected chi connectivity index (χ4v) is 4.01. The van der Waals surface area contributed by atoms with Gasteiger partial charge in [-0.1, -0.05) is 11.2 Å². The highest BCUT2D eigenvalue weighted by molar-refractivity contribution is 7.94. The van der Waals surface area contributed by atoms with Crippen LogP contribution in [0.25, 0.3) is 10.6 Å². The average Bonchev–Trinajstić information content (AvgIpc) is 3.10. The minimum absolute atomic E-state index is 0.109. The minimum atomic E-state index is -3.76. The standard InChI is InChI=1S/C13H9FN2O3S2/c14-9-2-1-3-10(8-9)16-21(17,18)13-5-4-12(20-13)11-6-7-15-19-11/h1-8,16H. The van der Waals surface area contributed by atoms with E-state index in [1.165, 1.54) is 30.5 Å². The first-order valence-electron chi connectivity index (χ1n) is 5.84. The number of aromatic nitrogens is 1. The van der Waals surface area contributed by atoms with Crippen LogP contribution < -0.4 is 4.72 Å². The molecule has 0 spiro atoms. The van der Waals surface area contributed by atoms with Crippen molar-refractivity contribution in [1.82, 2.24) is 5.16 Å². The smallest absolute Gasteiger partial charge is 0.271 e. The van der Waals surface area contributed by atoms with Crippen molar-refractivity contribution in [2.45, 2.75) is 4.21 Å².